The van der Waals surface area contributed by atoms with E-state index in [0.717, 1.165) is 0 Å². The predicted octanol–water partition coefficient (Wildman–Crippen LogP) is 1.19. The molecule has 0 aliphatic heterocycles. The first kappa shape index (κ1) is 10.3. The molecule has 0 spiro atoms. The second-order valence-electron chi connectivity index (χ2n) is 1.88. The fourth-order valence-electron chi connectivity index (χ4n) is 0.346. The van der Waals surface area contributed by atoms with Crippen molar-refractivity contribution < 1.29 is 19.0 Å². The molecule has 1 unspecified atom stereocenters. The minimum atomic E-state index is -2.38. The van der Waals surface area contributed by atoms with Crippen molar-refractivity contribution >= 4 is 14.0 Å². The SMILES string of the molecule is CC=C(C)C(=O)OC[P+](=O)O. The van der Waals surface area contributed by atoms with Crippen molar-refractivity contribution in [2.24, 2.45) is 0 Å². The standard InChI is InChI=1S/C6H9O4P/c1-3-5(2)6(7)10-4-11(8)9/h3H,4H2,1-2H3/p+1. The first-order valence-corrected chi connectivity index (χ1v) is 4.41. The van der Waals surface area contributed by atoms with E-state index in [0.29, 0.717) is 5.57 Å². The molecule has 0 amide bonds. The highest BCUT2D eigenvalue weighted by Crippen LogP contribution is 2.12. The lowest BCUT2D eigenvalue weighted by Crippen LogP contribution is -2.04. The Bertz CT molecular complexity index is 197. The van der Waals surface area contributed by atoms with Crippen molar-refractivity contribution in [2.45, 2.75) is 13.8 Å². The van der Waals surface area contributed by atoms with Crippen LogP contribution in [0.4, 0.5) is 0 Å². The Morgan fingerprint density at radius 2 is 2.27 bits per heavy atom. The van der Waals surface area contributed by atoms with E-state index in [1.54, 1.807) is 19.9 Å². The molecule has 0 saturated heterocycles. The van der Waals surface area contributed by atoms with Crippen LogP contribution >= 0.6 is 8.03 Å². The highest BCUT2D eigenvalue weighted by molar-refractivity contribution is 7.37. The molecule has 0 aliphatic carbocycles. The minimum Gasteiger partial charge on any atom is -0.412 e. The summed E-state index contributed by atoms with van der Waals surface area (Å²) < 4.78 is 14.5. The van der Waals surface area contributed by atoms with E-state index in [2.05, 4.69) is 4.74 Å². The topological polar surface area (TPSA) is 63.6 Å². The summed E-state index contributed by atoms with van der Waals surface area (Å²) in [6, 6.07) is 0. The van der Waals surface area contributed by atoms with Gasteiger partial charge in [-0.3, -0.25) is 0 Å². The molecule has 62 valence electrons. The van der Waals surface area contributed by atoms with E-state index in [1.165, 1.54) is 0 Å². The number of allylic oxidation sites excluding steroid dienone is 1. The highest BCUT2D eigenvalue weighted by atomic mass is 31.1. The molecule has 0 saturated carbocycles. The Kier molecular flexibility index (Phi) is 4.66. The number of ether oxygens (including phenoxy) is 1. The van der Waals surface area contributed by atoms with Crippen LogP contribution in [0.15, 0.2) is 11.6 Å². The number of hydrogen-bond donors (Lipinski definition) is 1. The average molecular weight is 177 g/mol. The predicted molar refractivity (Wildman–Crippen MR) is 40.2 cm³/mol. The maximum Gasteiger partial charge on any atom is 0.547 e. The monoisotopic (exact) mass is 177 g/mol. The lowest BCUT2D eigenvalue weighted by atomic mass is 10.3. The number of esters is 1. The zero-order valence-electron chi connectivity index (χ0n) is 6.40. The Morgan fingerprint density at radius 1 is 1.73 bits per heavy atom. The highest BCUT2D eigenvalue weighted by Gasteiger charge is 2.14. The zero-order chi connectivity index (χ0) is 8.85. The third kappa shape index (κ3) is 4.65. The largest absolute Gasteiger partial charge is 0.547 e. The molecule has 1 N–H and O–H groups in total. The van der Waals surface area contributed by atoms with E-state index in [4.69, 9.17) is 4.89 Å². The maximum atomic E-state index is 10.7. The molecule has 4 nitrogen and oxygen atoms in total. The summed E-state index contributed by atoms with van der Waals surface area (Å²) in [5.74, 6) is -0.551. The van der Waals surface area contributed by atoms with Crippen molar-refractivity contribution in [3.63, 3.8) is 0 Å². The Hall–Kier alpha value is -0.730. The van der Waals surface area contributed by atoms with Crippen LogP contribution in [0.2, 0.25) is 0 Å². The van der Waals surface area contributed by atoms with Gasteiger partial charge >= 0.3 is 20.3 Å². The van der Waals surface area contributed by atoms with Gasteiger partial charge in [0.2, 0.25) is 0 Å². The Balaban J connectivity index is 3.80. The number of hydrogen-bond acceptors (Lipinski definition) is 3. The first-order valence-electron chi connectivity index (χ1n) is 3.01. The van der Waals surface area contributed by atoms with Gasteiger partial charge in [-0.1, -0.05) is 6.08 Å². The third-order valence-electron chi connectivity index (χ3n) is 1.06. The number of carbonyl (C=O) groups excluding carboxylic acids is 1. The first-order chi connectivity index (χ1) is 5.07. The zero-order valence-corrected chi connectivity index (χ0v) is 7.30. The summed E-state index contributed by atoms with van der Waals surface area (Å²) in [5.41, 5.74) is 0.432. The molecule has 0 aromatic heterocycles. The average Bonchev–Trinajstić information content (AvgIpc) is 1.98. The molecule has 0 fully saturated rings. The van der Waals surface area contributed by atoms with Crippen LogP contribution in [-0.2, 0) is 14.1 Å². The van der Waals surface area contributed by atoms with Crippen LogP contribution in [0.5, 0.6) is 0 Å². The van der Waals surface area contributed by atoms with Gasteiger partial charge in [0, 0.05) is 5.57 Å². The second-order valence-corrected chi connectivity index (χ2v) is 2.85. The third-order valence-corrected chi connectivity index (χ3v) is 1.41. The van der Waals surface area contributed by atoms with Crippen LogP contribution in [0.3, 0.4) is 0 Å². The molecule has 0 radical (unpaired) electrons. The Labute approximate surface area is 65.7 Å². The van der Waals surface area contributed by atoms with E-state index in [9.17, 15) is 9.36 Å². The molecule has 0 aliphatic rings. The van der Waals surface area contributed by atoms with Gasteiger partial charge in [-0.05, 0) is 18.4 Å². The van der Waals surface area contributed by atoms with Gasteiger partial charge in [0.05, 0.1) is 0 Å². The van der Waals surface area contributed by atoms with Gasteiger partial charge in [0.25, 0.3) is 0 Å². The van der Waals surface area contributed by atoms with E-state index in [1.807, 2.05) is 0 Å². The summed E-state index contributed by atoms with van der Waals surface area (Å²) >= 11 is 0. The van der Waals surface area contributed by atoms with Gasteiger partial charge < -0.3 is 4.74 Å². The number of carbonyl (C=O) groups is 1. The normalized spacial score (nSPS) is 12.6. The van der Waals surface area contributed by atoms with Crippen molar-refractivity contribution in [2.75, 3.05) is 6.35 Å². The van der Waals surface area contributed by atoms with Gasteiger partial charge in [-0.2, -0.15) is 4.89 Å². The van der Waals surface area contributed by atoms with Crippen molar-refractivity contribution in [1.29, 1.82) is 0 Å². The summed E-state index contributed by atoms with van der Waals surface area (Å²) in [5, 5.41) is 0. The molecule has 1 atom stereocenters. The van der Waals surface area contributed by atoms with Gasteiger partial charge in [0.15, 0.2) is 0 Å². The minimum absolute atomic E-state index is 0.431. The van der Waals surface area contributed by atoms with Crippen LogP contribution in [0.25, 0.3) is 0 Å². The van der Waals surface area contributed by atoms with Crippen LogP contribution in [0, 0.1) is 0 Å². The fourth-order valence-corrected chi connectivity index (χ4v) is 0.573. The molecule has 0 aromatic rings. The number of rotatable bonds is 3. The van der Waals surface area contributed by atoms with E-state index in [-0.39, 0.29) is 0 Å². The van der Waals surface area contributed by atoms with Crippen molar-refractivity contribution in [3.8, 4) is 0 Å². The van der Waals surface area contributed by atoms with Crippen molar-refractivity contribution in [3.05, 3.63) is 11.6 Å². The molecule has 0 bridgehead atoms. The van der Waals surface area contributed by atoms with Crippen molar-refractivity contribution in [1.82, 2.24) is 0 Å². The smallest absolute Gasteiger partial charge is 0.412 e. The molecule has 0 heterocycles. The summed E-state index contributed by atoms with van der Waals surface area (Å²) in [6.45, 7) is 3.27. The van der Waals surface area contributed by atoms with Crippen LogP contribution < -0.4 is 0 Å². The maximum absolute atomic E-state index is 10.7. The molecule has 0 rings (SSSR count). The van der Waals surface area contributed by atoms with E-state index >= 15 is 0 Å². The van der Waals surface area contributed by atoms with Crippen LogP contribution in [0.1, 0.15) is 13.8 Å². The van der Waals surface area contributed by atoms with Crippen LogP contribution in [-0.4, -0.2) is 17.2 Å². The summed E-state index contributed by atoms with van der Waals surface area (Å²) in [4.78, 5) is 19.0. The summed E-state index contributed by atoms with van der Waals surface area (Å²) in [6.07, 6.45) is 1.14. The van der Waals surface area contributed by atoms with E-state index < -0.39 is 20.3 Å². The molecule has 11 heavy (non-hydrogen) atoms. The fraction of sp³-hybridized carbons (Fsp3) is 0.500. The quantitative estimate of drug-likeness (QED) is 0.399. The van der Waals surface area contributed by atoms with Gasteiger partial charge in [-0.25, -0.2) is 4.79 Å². The molecular formula is C6H10O4P+. The summed E-state index contributed by atoms with van der Waals surface area (Å²) in [7, 11) is -2.38. The molecule has 5 heteroatoms. The lowest BCUT2D eigenvalue weighted by Gasteiger charge is -1.95. The van der Waals surface area contributed by atoms with Gasteiger partial charge in [0.1, 0.15) is 0 Å². The second kappa shape index (κ2) is 4.99. The van der Waals surface area contributed by atoms with Gasteiger partial charge in [-0.15, -0.1) is 0 Å². The lowest BCUT2D eigenvalue weighted by molar-refractivity contribution is -0.137. The molecule has 0 aromatic carbocycles. The Morgan fingerprint density at radius 3 is 2.64 bits per heavy atom. The molecular weight excluding hydrogens is 167 g/mol.